The molecule has 0 radical (unpaired) electrons. The summed E-state index contributed by atoms with van der Waals surface area (Å²) in [6, 6.07) is 16.5. The molecule has 2 rings (SSSR count). The van der Waals surface area contributed by atoms with Gasteiger partial charge in [-0.3, -0.25) is 4.99 Å². The Morgan fingerprint density at radius 1 is 1.03 bits per heavy atom. The number of methoxy groups -OCH3 is 1. The fourth-order valence-electron chi connectivity index (χ4n) is 3.43. The second-order valence-electron chi connectivity index (χ2n) is 7.35. The summed E-state index contributed by atoms with van der Waals surface area (Å²) in [5, 5.41) is 3.44. The highest BCUT2D eigenvalue weighted by atomic mass is 16.5. The van der Waals surface area contributed by atoms with E-state index in [-0.39, 0.29) is 0 Å². The van der Waals surface area contributed by atoms with Crippen LogP contribution >= 0.6 is 0 Å². The SMILES string of the molecule is C=C/C=C(/N=C(\C)CCc1ccccc1CC)C(\C=C)=C(/C)Nc1ccc(OC)cc1. The number of allylic oxidation sites excluding steroid dienone is 4. The fourth-order valence-corrected chi connectivity index (χ4v) is 3.43. The number of benzene rings is 2. The van der Waals surface area contributed by atoms with E-state index in [9.17, 15) is 0 Å². The van der Waals surface area contributed by atoms with E-state index in [1.165, 1.54) is 11.1 Å². The Hall–Kier alpha value is -3.33. The molecule has 31 heavy (non-hydrogen) atoms. The minimum Gasteiger partial charge on any atom is -0.497 e. The molecule has 0 saturated carbocycles. The molecule has 2 aromatic rings. The minimum atomic E-state index is 0.827. The van der Waals surface area contributed by atoms with Crippen molar-refractivity contribution in [2.75, 3.05) is 12.4 Å². The number of aliphatic imine (C=N–C) groups is 1. The topological polar surface area (TPSA) is 33.6 Å². The molecular weight excluding hydrogens is 380 g/mol. The molecule has 0 bridgehead atoms. The Labute approximate surface area is 187 Å². The van der Waals surface area contributed by atoms with E-state index in [0.29, 0.717) is 0 Å². The smallest absolute Gasteiger partial charge is 0.119 e. The average molecular weight is 415 g/mol. The summed E-state index contributed by atoms with van der Waals surface area (Å²) < 4.78 is 5.23. The van der Waals surface area contributed by atoms with E-state index in [0.717, 1.165) is 53.4 Å². The van der Waals surface area contributed by atoms with Gasteiger partial charge in [-0.05, 0) is 74.6 Å². The largest absolute Gasteiger partial charge is 0.497 e. The van der Waals surface area contributed by atoms with Gasteiger partial charge in [0.1, 0.15) is 5.75 Å². The number of hydrogen-bond donors (Lipinski definition) is 1. The van der Waals surface area contributed by atoms with Crippen molar-refractivity contribution in [3.63, 3.8) is 0 Å². The van der Waals surface area contributed by atoms with Crippen LogP contribution in [-0.4, -0.2) is 12.8 Å². The van der Waals surface area contributed by atoms with Crippen molar-refractivity contribution < 1.29 is 4.74 Å². The summed E-state index contributed by atoms with van der Waals surface area (Å²) in [5.74, 6) is 0.827. The molecule has 0 unspecified atom stereocenters. The van der Waals surface area contributed by atoms with Crippen LogP contribution in [0.2, 0.25) is 0 Å². The first-order chi connectivity index (χ1) is 15.0. The van der Waals surface area contributed by atoms with Crippen molar-refractivity contribution in [2.24, 2.45) is 4.99 Å². The van der Waals surface area contributed by atoms with Gasteiger partial charge in [-0.2, -0.15) is 0 Å². The molecule has 0 fully saturated rings. The van der Waals surface area contributed by atoms with Gasteiger partial charge in [0, 0.05) is 22.7 Å². The predicted octanol–water partition coefficient (Wildman–Crippen LogP) is 7.29. The Morgan fingerprint density at radius 3 is 2.29 bits per heavy atom. The average Bonchev–Trinajstić information content (AvgIpc) is 2.79. The van der Waals surface area contributed by atoms with E-state index < -0.39 is 0 Å². The fraction of sp³-hybridized carbons (Fsp3) is 0.250. The van der Waals surface area contributed by atoms with Crippen LogP contribution in [0.3, 0.4) is 0 Å². The zero-order valence-corrected chi connectivity index (χ0v) is 19.2. The lowest BCUT2D eigenvalue weighted by Gasteiger charge is -2.14. The van der Waals surface area contributed by atoms with Gasteiger partial charge in [-0.25, -0.2) is 0 Å². The second kappa shape index (κ2) is 12.4. The third-order valence-corrected chi connectivity index (χ3v) is 5.15. The molecule has 3 nitrogen and oxygen atoms in total. The molecule has 2 aromatic carbocycles. The zero-order valence-electron chi connectivity index (χ0n) is 19.2. The first kappa shape index (κ1) is 23.9. The molecular formula is C28H34N2O. The highest BCUT2D eigenvalue weighted by molar-refractivity contribution is 5.84. The quantitative estimate of drug-likeness (QED) is 0.309. The molecule has 0 atom stereocenters. The van der Waals surface area contributed by atoms with Gasteiger partial charge < -0.3 is 10.1 Å². The lowest BCUT2D eigenvalue weighted by atomic mass is 10.00. The number of ether oxygens (including phenoxy) is 1. The van der Waals surface area contributed by atoms with Crippen LogP contribution in [0.1, 0.15) is 38.3 Å². The molecule has 0 aromatic heterocycles. The van der Waals surface area contributed by atoms with E-state index in [4.69, 9.17) is 9.73 Å². The Morgan fingerprint density at radius 2 is 1.71 bits per heavy atom. The predicted molar refractivity (Wildman–Crippen MR) is 135 cm³/mol. The van der Waals surface area contributed by atoms with E-state index in [1.807, 2.05) is 43.3 Å². The third kappa shape index (κ3) is 7.14. The molecule has 0 aliphatic rings. The van der Waals surface area contributed by atoms with Crippen molar-refractivity contribution in [3.8, 4) is 5.75 Å². The number of aryl methyl sites for hydroxylation is 2. The minimum absolute atomic E-state index is 0.827. The Kier molecular flexibility index (Phi) is 9.57. The third-order valence-electron chi connectivity index (χ3n) is 5.15. The molecule has 0 aliphatic carbocycles. The van der Waals surface area contributed by atoms with Gasteiger partial charge in [-0.15, -0.1) is 0 Å². The van der Waals surface area contributed by atoms with Gasteiger partial charge in [0.05, 0.1) is 12.8 Å². The van der Waals surface area contributed by atoms with Crippen molar-refractivity contribution in [1.29, 1.82) is 0 Å². The van der Waals surface area contributed by atoms with Gasteiger partial charge in [0.2, 0.25) is 0 Å². The summed E-state index contributed by atoms with van der Waals surface area (Å²) in [7, 11) is 1.66. The Balaban J connectivity index is 2.22. The second-order valence-corrected chi connectivity index (χ2v) is 7.35. The lowest BCUT2D eigenvalue weighted by Crippen LogP contribution is -2.03. The van der Waals surface area contributed by atoms with Crippen molar-refractivity contribution >= 4 is 11.4 Å². The molecule has 0 spiro atoms. The maximum atomic E-state index is 5.23. The monoisotopic (exact) mass is 414 g/mol. The van der Waals surface area contributed by atoms with Crippen molar-refractivity contribution in [1.82, 2.24) is 0 Å². The Bertz CT molecular complexity index is 978. The first-order valence-electron chi connectivity index (χ1n) is 10.7. The number of hydrogen-bond acceptors (Lipinski definition) is 3. The lowest BCUT2D eigenvalue weighted by molar-refractivity contribution is 0.415. The van der Waals surface area contributed by atoms with Gasteiger partial charge in [0.25, 0.3) is 0 Å². The first-order valence-corrected chi connectivity index (χ1v) is 10.7. The van der Waals surface area contributed by atoms with Crippen molar-refractivity contribution in [3.05, 3.63) is 108 Å². The highest BCUT2D eigenvalue weighted by Gasteiger charge is 2.07. The summed E-state index contributed by atoms with van der Waals surface area (Å²) >= 11 is 0. The van der Waals surface area contributed by atoms with E-state index >= 15 is 0 Å². The molecule has 3 heteroatoms. The highest BCUT2D eigenvalue weighted by Crippen LogP contribution is 2.22. The van der Waals surface area contributed by atoms with Crippen LogP contribution < -0.4 is 10.1 Å². The number of anilines is 1. The van der Waals surface area contributed by atoms with Crippen LogP contribution in [-0.2, 0) is 12.8 Å². The number of nitrogens with one attached hydrogen (secondary N) is 1. The summed E-state index contributed by atoms with van der Waals surface area (Å²) in [5.41, 5.74) is 7.63. The van der Waals surface area contributed by atoms with E-state index in [2.05, 4.69) is 56.6 Å². The molecule has 0 amide bonds. The summed E-state index contributed by atoms with van der Waals surface area (Å²) in [6.45, 7) is 14.2. The molecule has 0 saturated heterocycles. The number of rotatable bonds is 11. The molecule has 0 heterocycles. The van der Waals surface area contributed by atoms with Gasteiger partial charge in [0.15, 0.2) is 0 Å². The van der Waals surface area contributed by atoms with Crippen LogP contribution in [0.15, 0.2) is 102 Å². The van der Waals surface area contributed by atoms with Gasteiger partial charge in [-0.1, -0.05) is 56.5 Å². The van der Waals surface area contributed by atoms with Crippen LogP contribution in [0.5, 0.6) is 5.75 Å². The number of nitrogens with zero attached hydrogens (tertiary/aromatic N) is 1. The normalized spacial score (nSPS) is 12.8. The zero-order chi connectivity index (χ0) is 22.6. The maximum absolute atomic E-state index is 5.23. The summed E-state index contributed by atoms with van der Waals surface area (Å²) in [4.78, 5) is 4.92. The molecule has 1 N–H and O–H groups in total. The van der Waals surface area contributed by atoms with Gasteiger partial charge >= 0.3 is 0 Å². The van der Waals surface area contributed by atoms with Crippen LogP contribution in [0.4, 0.5) is 5.69 Å². The molecule has 162 valence electrons. The summed E-state index contributed by atoms with van der Waals surface area (Å²) in [6.07, 6.45) is 8.47. The van der Waals surface area contributed by atoms with Crippen LogP contribution in [0.25, 0.3) is 0 Å². The molecule has 0 aliphatic heterocycles. The maximum Gasteiger partial charge on any atom is 0.119 e. The van der Waals surface area contributed by atoms with Crippen LogP contribution in [0, 0.1) is 0 Å². The standard InChI is InChI=1S/C28H34N2O/c1-7-12-28(29-21(4)15-16-24-14-11-10-13-23(24)8-2)27(9-3)22(5)30-25-17-19-26(31-6)20-18-25/h7,9-14,17-20,30H,1,3,8,15-16H2,2,4-6H3/b27-22+,28-12+,29-21+. The van der Waals surface area contributed by atoms with E-state index in [1.54, 1.807) is 13.2 Å². The van der Waals surface area contributed by atoms with Crippen molar-refractivity contribution in [2.45, 2.75) is 40.0 Å².